The summed E-state index contributed by atoms with van der Waals surface area (Å²) in [5.41, 5.74) is 0.117. The maximum atomic E-state index is 11.0. The van der Waals surface area contributed by atoms with Gasteiger partial charge in [-0.25, -0.2) is 9.97 Å². The summed E-state index contributed by atoms with van der Waals surface area (Å²) in [6.45, 7) is 1.75. The molecule has 98 valence electrons. The predicted octanol–water partition coefficient (Wildman–Crippen LogP) is 2.26. The number of carboxylic acids is 1. The monoisotopic (exact) mass is 258 g/mol. The Bertz CT molecular complexity index is 630. The smallest absolute Gasteiger partial charge is 0.309 e. The van der Waals surface area contributed by atoms with Crippen LogP contribution < -0.4 is 4.74 Å². The van der Waals surface area contributed by atoms with Gasteiger partial charge in [0.05, 0.1) is 5.41 Å². The number of rotatable bonds is 3. The lowest BCUT2D eigenvalue weighted by molar-refractivity contribution is -0.159. The molecule has 0 bridgehead atoms. The van der Waals surface area contributed by atoms with E-state index in [1.807, 2.05) is 18.2 Å². The Hall–Kier alpha value is -2.17. The third-order valence-electron chi connectivity index (χ3n) is 3.66. The van der Waals surface area contributed by atoms with Gasteiger partial charge in [-0.3, -0.25) is 4.79 Å². The number of fused-ring (bicyclic) bond motifs is 1. The van der Waals surface area contributed by atoms with Crippen molar-refractivity contribution in [1.82, 2.24) is 9.97 Å². The molecule has 1 N–H and O–H groups in total. The molecule has 1 aliphatic rings. The second-order valence-electron chi connectivity index (χ2n) is 5.23. The van der Waals surface area contributed by atoms with E-state index < -0.39 is 11.4 Å². The fraction of sp³-hybridized carbons (Fsp3) is 0.357. The van der Waals surface area contributed by atoms with Gasteiger partial charge in [0, 0.05) is 24.4 Å². The zero-order chi connectivity index (χ0) is 13.5. The molecular weight excluding hydrogens is 244 g/mol. The fourth-order valence-corrected chi connectivity index (χ4v) is 2.46. The molecular formula is C14H14N2O3. The van der Waals surface area contributed by atoms with Gasteiger partial charge < -0.3 is 9.84 Å². The maximum Gasteiger partial charge on any atom is 0.309 e. The normalized spacial score (nSPS) is 25.8. The highest BCUT2D eigenvalue weighted by Gasteiger charge is 2.48. The van der Waals surface area contributed by atoms with Crippen LogP contribution in [0.3, 0.4) is 0 Å². The van der Waals surface area contributed by atoms with Crippen molar-refractivity contribution in [2.75, 3.05) is 0 Å². The molecule has 1 aliphatic carbocycles. The molecule has 19 heavy (non-hydrogen) atoms. The van der Waals surface area contributed by atoms with Crippen molar-refractivity contribution in [2.45, 2.75) is 25.9 Å². The van der Waals surface area contributed by atoms with E-state index in [9.17, 15) is 4.79 Å². The lowest BCUT2D eigenvalue weighted by Crippen LogP contribution is -2.47. The van der Waals surface area contributed by atoms with Gasteiger partial charge in [0.15, 0.2) is 0 Å². The lowest BCUT2D eigenvalue weighted by atomic mass is 9.68. The molecule has 0 atom stereocenters. The van der Waals surface area contributed by atoms with Gasteiger partial charge >= 0.3 is 5.97 Å². The van der Waals surface area contributed by atoms with Crippen LogP contribution in [0.1, 0.15) is 19.8 Å². The van der Waals surface area contributed by atoms with Crippen molar-refractivity contribution < 1.29 is 14.6 Å². The van der Waals surface area contributed by atoms with E-state index in [1.165, 1.54) is 6.33 Å². The second-order valence-corrected chi connectivity index (χ2v) is 5.23. The van der Waals surface area contributed by atoms with Crippen molar-refractivity contribution in [3.05, 3.63) is 30.7 Å². The van der Waals surface area contributed by atoms with Gasteiger partial charge in [0.1, 0.15) is 23.7 Å². The van der Waals surface area contributed by atoms with Crippen molar-refractivity contribution in [1.29, 1.82) is 0 Å². The first-order chi connectivity index (χ1) is 9.08. The molecule has 0 amide bonds. The van der Waals surface area contributed by atoms with Crippen LogP contribution in [-0.4, -0.2) is 27.1 Å². The number of hydrogen-bond acceptors (Lipinski definition) is 4. The highest BCUT2D eigenvalue weighted by atomic mass is 16.5. The molecule has 2 aromatic rings. The molecule has 1 aromatic heterocycles. The number of carboxylic acid groups (broad SMARTS) is 1. The quantitative estimate of drug-likeness (QED) is 0.914. The first-order valence-corrected chi connectivity index (χ1v) is 6.17. The standard InChI is InChI=1S/C14H14N2O3/c1-14(13(17)18)5-10(6-14)19-11-4-2-3-9-7-15-8-16-12(9)11/h2-4,7-8,10H,5-6H2,1H3,(H,17,18)/t10-,14-. The van der Waals surface area contributed by atoms with Crippen LogP contribution in [0.15, 0.2) is 30.7 Å². The number of ether oxygens (including phenoxy) is 1. The van der Waals surface area contributed by atoms with Crippen LogP contribution >= 0.6 is 0 Å². The van der Waals surface area contributed by atoms with Crippen molar-refractivity contribution in [3.63, 3.8) is 0 Å². The number of aromatic nitrogens is 2. The Balaban J connectivity index is 1.79. The molecule has 1 heterocycles. The average molecular weight is 258 g/mol. The van der Waals surface area contributed by atoms with Gasteiger partial charge in [0.25, 0.3) is 0 Å². The van der Waals surface area contributed by atoms with Crippen molar-refractivity contribution in [2.24, 2.45) is 5.41 Å². The average Bonchev–Trinajstić information content (AvgIpc) is 2.37. The molecule has 5 nitrogen and oxygen atoms in total. The Kier molecular flexibility index (Phi) is 2.62. The molecule has 0 spiro atoms. The number of hydrogen-bond donors (Lipinski definition) is 1. The summed E-state index contributed by atoms with van der Waals surface area (Å²) in [5.74, 6) is -0.0649. The highest BCUT2D eigenvalue weighted by molar-refractivity contribution is 5.83. The molecule has 3 rings (SSSR count). The zero-order valence-electron chi connectivity index (χ0n) is 10.5. The zero-order valence-corrected chi connectivity index (χ0v) is 10.5. The van der Waals surface area contributed by atoms with E-state index in [1.54, 1.807) is 13.1 Å². The number of benzene rings is 1. The van der Waals surface area contributed by atoms with Gasteiger partial charge in [-0.15, -0.1) is 0 Å². The summed E-state index contributed by atoms with van der Waals surface area (Å²) >= 11 is 0. The number of para-hydroxylation sites is 1. The van der Waals surface area contributed by atoms with Crippen LogP contribution in [0.5, 0.6) is 5.75 Å². The maximum absolute atomic E-state index is 11.0. The third kappa shape index (κ3) is 2.01. The Morgan fingerprint density at radius 2 is 2.26 bits per heavy atom. The van der Waals surface area contributed by atoms with Crippen molar-refractivity contribution in [3.8, 4) is 5.75 Å². The van der Waals surface area contributed by atoms with Crippen LogP contribution in [0.4, 0.5) is 0 Å². The number of carbonyl (C=O) groups is 1. The molecule has 1 aromatic carbocycles. The Morgan fingerprint density at radius 3 is 3.00 bits per heavy atom. The summed E-state index contributed by atoms with van der Waals surface area (Å²) < 4.78 is 5.86. The molecule has 5 heteroatoms. The summed E-state index contributed by atoms with van der Waals surface area (Å²) in [6.07, 6.45) is 4.23. The van der Waals surface area contributed by atoms with E-state index in [0.29, 0.717) is 18.6 Å². The molecule has 0 unspecified atom stereocenters. The summed E-state index contributed by atoms with van der Waals surface area (Å²) in [5, 5.41) is 9.99. The van der Waals surface area contributed by atoms with Crippen LogP contribution in [-0.2, 0) is 4.79 Å². The SMILES string of the molecule is C[C@]1(C(=O)O)C[C@H](Oc2cccc3cncnc23)C1. The second kappa shape index (κ2) is 4.19. The largest absolute Gasteiger partial charge is 0.488 e. The van der Waals surface area contributed by atoms with E-state index in [4.69, 9.17) is 9.84 Å². The minimum atomic E-state index is -0.757. The first-order valence-electron chi connectivity index (χ1n) is 6.17. The predicted molar refractivity (Wildman–Crippen MR) is 68.9 cm³/mol. The van der Waals surface area contributed by atoms with Gasteiger partial charge in [-0.2, -0.15) is 0 Å². The van der Waals surface area contributed by atoms with E-state index >= 15 is 0 Å². The molecule has 0 aliphatic heterocycles. The van der Waals surface area contributed by atoms with Gasteiger partial charge in [0.2, 0.25) is 0 Å². The Labute approximate surface area is 110 Å². The lowest BCUT2D eigenvalue weighted by Gasteiger charge is -2.41. The van der Waals surface area contributed by atoms with Gasteiger partial charge in [-0.1, -0.05) is 12.1 Å². The van der Waals surface area contributed by atoms with E-state index in [0.717, 1.165) is 10.9 Å². The third-order valence-corrected chi connectivity index (χ3v) is 3.66. The van der Waals surface area contributed by atoms with E-state index in [2.05, 4.69) is 9.97 Å². The number of aliphatic carboxylic acids is 1. The first kappa shape index (κ1) is 11.9. The highest BCUT2D eigenvalue weighted by Crippen LogP contribution is 2.43. The minimum absolute atomic E-state index is 0.0540. The van der Waals surface area contributed by atoms with Crippen LogP contribution in [0.25, 0.3) is 10.9 Å². The summed E-state index contributed by atoms with van der Waals surface area (Å²) in [7, 11) is 0. The fourth-order valence-electron chi connectivity index (χ4n) is 2.46. The van der Waals surface area contributed by atoms with Gasteiger partial charge in [-0.05, 0) is 13.0 Å². The topological polar surface area (TPSA) is 72.3 Å². The summed E-state index contributed by atoms with van der Waals surface area (Å²) in [4.78, 5) is 19.2. The Morgan fingerprint density at radius 1 is 1.47 bits per heavy atom. The van der Waals surface area contributed by atoms with Crippen LogP contribution in [0.2, 0.25) is 0 Å². The minimum Gasteiger partial charge on any atom is -0.488 e. The molecule has 1 saturated carbocycles. The van der Waals surface area contributed by atoms with Crippen molar-refractivity contribution >= 4 is 16.9 Å². The summed E-state index contributed by atoms with van der Waals surface area (Å²) in [6, 6.07) is 5.66. The number of nitrogens with zero attached hydrogens (tertiary/aromatic N) is 2. The molecule has 0 saturated heterocycles. The van der Waals surface area contributed by atoms with Crippen LogP contribution in [0, 0.1) is 5.41 Å². The molecule has 1 fully saturated rings. The van der Waals surface area contributed by atoms with E-state index in [-0.39, 0.29) is 6.10 Å². The molecule has 0 radical (unpaired) electrons.